The molecule has 2 aromatic carbocycles. The third-order valence-electron chi connectivity index (χ3n) is 5.62. The molecular formula is C23H29N5O2. The highest BCUT2D eigenvalue weighted by molar-refractivity contribution is 6.09. The molecule has 1 saturated heterocycles. The van der Waals surface area contributed by atoms with E-state index in [4.69, 9.17) is 0 Å². The Labute approximate surface area is 176 Å². The third-order valence-corrected chi connectivity index (χ3v) is 5.62. The predicted octanol–water partition coefficient (Wildman–Crippen LogP) is 3.15. The molecule has 0 saturated carbocycles. The van der Waals surface area contributed by atoms with E-state index >= 15 is 0 Å². The number of nitrogens with one attached hydrogen (secondary N) is 2. The molecule has 3 N–H and O–H groups in total. The van der Waals surface area contributed by atoms with Crippen LogP contribution in [0.2, 0.25) is 0 Å². The summed E-state index contributed by atoms with van der Waals surface area (Å²) < 4.78 is 0. The zero-order valence-corrected chi connectivity index (χ0v) is 17.8. The molecule has 0 aliphatic carbocycles. The topological polar surface area (TPSA) is 84.5 Å². The van der Waals surface area contributed by atoms with Crippen molar-refractivity contribution in [2.24, 2.45) is 5.92 Å². The molecular weight excluding hydrogens is 378 g/mol. The van der Waals surface area contributed by atoms with Crippen LogP contribution in [0.1, 0.15) is 29.9 Å². The number of phenols is 1. The van der Waals surface area contributed by atoms with Crippen molar-refractivity contribution in [3.63, 3.8) is 0 Å². The van der Waals surface area contributed by atoms with Gasteiger partial charge in [-0.3, -0.25) is 9.89 Å². The van der Waals surface area contributed by atoms with Crippen LogP contribution in [0, 0.1) is 5.92 Å². The first-order chi connectivity index (χ1) is 14.4. The molecule has 1 aliphatic rings. The normalized spacial score (nSPS) is 14.5. The number of nitrogens with zero attached hydrogens (tertiary/aromatic N) is 3. The van der Waals surface area contributed by atoms with Gasteiger partial charge in [0.1, 0.15) is 5.75 Å². The van der Waals surface area contributed by atoms with Gasteiger partial charge in [-0.05, 0) is 42.7 Å². The second-order valence-corrected chi connectivity index (χ2v) is 8.30. The minimum absolute atomic E-state index is 0.0561. The smallest absolute Gasteiger partial charge is 0.261 e. The van der Waals surface area contributed by atoms with E-state index in [2.05, 4.69) is 34.3 Å². The minimum atomic E-state index is -0.249. The summed E-state index contributed by atoms with van der Waals surface area (Å²) in [5.41, 5.74) is 3.87. The maximum Gasteiger partial charge on any atom is 0.261 e. The van der Waals surface area contributed by atoms with Crippen molar-refractivity contribution in [1.82, 2.24) is 15.5 Å². The first kappa shape index (κ1) is 20.2. The SMILES string of the molecule is CC(C)Cc1[nH]nc2cc(O)c(C(=O)N(C)c3ccc(N4CCNCC4)cc3)cc12. The lowest BCUT2D eigenvalue weighted by atomic mass is 10.0. The largest absolute Gasteiger partial charge is 0.507 e. The zero-order valence-electron chi connectivity index (χ0n) is 17.8. The van der Waals surface area contributed by atoms with Crippen molar-refractivity contribution < 1.29 is 9.90 Å². The van der Waals surface area contributed by atoms with Gasteiger partial charge in [-0.25, -0.2) is 0 Å². The monoisotopic (exact) mass is 407 g/mol. The first-order valence-electron chi connectivity index (χ1n) is 10.5. The summed E-state index contributed by atoms with van der Waals surface area (Å²) in [4.78, 5) is 17.1. The van der Waals surface area contributed by atoms with Gasteiger partial charge in [0, 0.05) is 61.7 Å². The van der Waals surface area contributed by atoms with Crippen molar-refractivity contribution in [3.8, 4) is 5.75 Å². The fraction of sp³-hybridized carbons (Fsp3) is 0.391. The van der Waals surface area contributed by atoms with Crippen molar-refractivity contribution in [3.05, 3.63) is 47.7 Å². The number of carbonyl (C=O) groups is 1. The number of aromatic hydroxyl groups is 1. The average molecular weight is 408 g/mol. The van der Waals surface area contributed by atoms with Gasteiger partial charge in [0.15, 0.2) is 0 Å². The number of aromatic nitrogens is 2. The number of phenolic OH excluding ortho intramolecular Hbond substituents is 1. The van der Waals surface area contributed by atoms with E-state index in [0.29, 0.717) is 11.4 Å². The van der Waals surface area contributed by atoms with Crippen LogP contribution in [0.15, 0.2) is 36.4 Å². The molecule has 0 radical (unpaired) electrons. The molecule has 1 aliphatic heterocycles. The molecule has 30 heavy (non-hydrogen) atoms. The first-order valence-corrected chi connectivity index (χ1v) is 10.5. The predicted molar refractivity (Wildman–Crippen MR) is 121 cm³/mol. The molecule has 1 fully saturated rings. The number of anilines is 2. The van der Waals surface area contributed by atoms with E-state index in [1.165, 1.54) is 0 Å². The lowest BCUT2D eigenvalue weighted by molar-refractivity contribution is 0.0990. The summed E-state index contributed by atoms with van der Waals surface area (Å²) in [6.45, 7) is 8.19. The van der Waals surface area contributed by atoms with Gasteiger partial charge >= 0.3 is 0 Å². The molecule has 4 rings (SSSR count). The number of piperazine rings is 1. The van der Waals surface area contributed by atoms with E-state index < -0.39 is 0 Å². The van der Waals surface area contributed by atoms with Gasteiger partial charge in [-0.1, -0.05) is 13.8 Å². The Kier molecular flexibility index (Phi) is 5.63. The standard InChI is InChI=1S/C23H29N5O2/c1-15(2)12-20-18-13-19(22(29)14-21(18)26-25-20)23(30)27(3)16-4-6-17(7-5-16)28-10-8-24-9-11-28/h4-7,13-15,24,29H,8-12H2,1-3H3,(H,25,26). The van der Waals surface area contributed by atoms with Gasteiger partial charge in [-0.15, -0.1) is 0 Å². The number of amides is 1. The molecule has 158 valence electrons. The van der Waals surface area contributed by atoms with Crippen LogP contribution in [-0.4, -0.2) is 54.4 Å². The van der Waals surface area contributed by atoms with Gasteiger partial charge in [0.2, 0.25) is 0 Å². The van der Waals surface area contributed by atoms with E-state index in [9.17, 15) is 9.90 Å². The molecule has 1 aromatic heterocycles. The van der Waals surface area contributed by atoms with Crippen molar-refractivity contribution in [1.29, 1.82) is 0 Å². The molecule has 0 spiro atoms. The van der Waals surface area contributed by atoms with Crippen LogP contribution in [0.4, 0.5) is 11.4 Å². The van der Waals surface area contributed by atoms with Crippen LogP contribution in [0.25, 0.3) is 10.9 Å². The van der Waals surface area contributed by atoms with E-state index in [1.54, 1.807) is 24.1 Å². The van der Waals surface area contributed by atoms with Crippen molar-refractivity contribution in [2.75, 3.05) is 43.0 Å². The Morgan fingerprint density at radius 1 is 1.20 bits per heavy atom. The summed E-state index contributed by atoms with van der Waals surface area (Å²) >= 11 is 0. The molecule has 0 bridgehead atoms. The Hall–Kier alpha value is -3.06. The lowest BCUT2D eigenvalue weighted by Crippen LogP contribution is -2.43. The number of rotatable bonds is 5. The van der Waals surface area contributed by atoms with E-state index in [1.807, 2.05) is 24.3 Å². The Balaban J connectivity index is 1.58. The van der Waals surface area contributed by atoms with Crippen LogP contribution in [0.3, 0.4) is 0 Å². The van der Waals surface area contributed by atoms with Crippen molar-refractivity contribution >= 4 is 28.2 Å². The van der Waals surface area contributed by atoms with E-state index in [0.717, 1.165) is 55.1 Å². The Morgan fingerprint density at radius 2 is 1.90 bits per heavy atom. The number of hydrogen-bond donors (Lipinski definition) is 3. The maximum atomic E-state index is 13.2. The highest BCUT2D eigenvalue weighted by atomic mass is 16.3. The van der Waals surface area contributed by atoms with Gasteiger partial charge in [0.25, 0.3) is 5.91 Å². The Morgan fingerprint density at radius 3 is 2.57 bits per heavy atom. The second-order valence-electron chi connectivity index (χ2n) is 8.30. The number of hydrogen-bond acceptors (Lipinski definition) is 5. The van der Waals surface area contributed by atoms with Gasteiger partial charge in [0.05, 0.1) is 11.1 Å². The average Bonchev–Trinajstić information content (AvgIpc) is 3.13. The molecule has 1 amide bonds. The highest BCUT2D eigenvalue weighted by Crippen LogP contribution is 2.29. The van der Waals surface area contributed by atoms with Crippen LogP contribution < -0.4 is 15.1 Å². The van der Waals surface area contributed by atoms with Crippen LogP contribution in [0.5, 0.6) is 5.75 Å². The summed E-state index contributed by atoms with van der Waals surface area (Å²) in [7, 11) is 1.73. The molecule has 0 unspecified atom stereocenters. The van der Waals surface area contributed by atoms with Crippen LogP contribution >= 0.6 is 0 Å². The minimum Gasteiger partial charge on any atom is -0.507 e. The van der Waals surface area contributed by atoms with Crippen LogP contribution in [-0.2, 0) is 6.42 Å². The molecule has 2 heterocycles. The summed E-state index contributed by atoms with van der Waals surface area (Å²) in [5, 5.41) is 22.0. The summed E-state index contributed by atoms with van der Waals surface area (Å²) in [5.74, 6) is 0.152. The summed E-state index contributed by atoms with van der Waals surface area (Å²) in [6.07, 6.45) is 0.832. The quantitative estimate of drug-likeness (QED) is 0.605. The van der Waals surface area contributed by atoms with E-state index in [-0.39, 0.29) is 17.2 Å². The fourth-order valence-electron chi connectivity index (χ4n) is 3.94. The van der Waals surface area contributed by atoms with Gasteiger partial charge < -0.3 is 20.2 Å². The molecule has 0 atom stereocenters. The highest BCUT2D eigenvalue weighted by Gasteiger charge is 2.20. The third kappa shape index (κ3) is 3.98. The molecule has 7 nitrogen and oxygen atoms in total. The maximum absolute atomic E-state index is 13.2. The number of carbonyl (C=O) groups excluding carboxylic acids is 1. The number of benzene rings is 2. The molecule has 3 aromatic rings. The molecule has 7 heteroatoms. The lowest BCUT2D eigenvalue weighted by Gasteiger charge is -2.29. The summed E-state index contributed by atoms with van der Waals surface area (Å²) in [6, 6.07) is 11.3. The number of H-pyrrole nitrogens is 1. The van der Waals surface area contributed by atoms with Crippen molar-refractivity contribution in [2.45, 2.75) is 20.3 Å². The second kappa shape index (κ2) is 8.36. The Bertz CT molecular complexity index is 1040. The zero-order chi connectivity index (χ0) is 21.3. The number of aromatic amines is 1. The number of fused-ring (bicyclic) bond motifs is 1. The van der Waals surface area contributed by atoms with Gasteiger partial charge in [-0.2, -0.15) is 5.10 Å². The fourth-order valence-corrected chi connectivity index (χ4v) is 3.94.